The fraction of sp³-hybridized carbons (Fsp3) is 0.529. The number of hydrogen-bond donors (Lipinski definition) is 1. The molecule has 0 bridgehead atoms. The molecule has 2 rings (SSSR count). The molecule has 2 unspecified atom stereocenters. The quantitative estimate of drug-likeness (QED) is 0.771. The molecule has 1 aliphatic carbocycles. The molecule has 0 fully saturated rings. The standard InChI is InChI=1S/C17H24FN/c1-13(2)17(15-8-10-16(18)11-9-15)19-12-14-6-4-3-5-7-14/h3-4,8-11,13-14,17,19H,5-7,12H2,1-2H3. The summed E-state index contributed by atoms with van der Waals surface area (Å²) in [5, 5.41) is 3.67. The fourth-order valence-corrected chi connectivity index (χ4v) is 2.74. The lowest BCUT2D eigenvalue weighted by atomic mass is 9.92. The van der Waals surface area contributed by atoms with Gasteiger partial charge in [0.15, 0.2) is 0 Å². The molecule has 0 spiro atoms. The molecule has 2 heteroatoms. The summed E-state index contributed by atoms with van der Waals surface area (Å²) in [6.07, 6.45) is 8.22. The van der Waals surface area contributed by atoms with E-state index < -0.39 is 0 Å². The van der Waals surface area contributed by atoms with Gasteiger partial charge in [0, 0.05) is 6.04 Å². The van der Waals surface area contributed by atoms with Crippen LogP contribution in [0.2, 0.25) is 0 Å². The van der Waals surface area contributed by atoms with Crippen molar-refractivity contribution in [1.82, 2.24) is 5.32 Å². The van der Waals surface area contributed by atoms with Crippen molar-refractivity contribution in [2.45, 2.75) is 39.2 Å². The third-order valence-corrected chi connectivity index (χ3v) is 3.90. The normalized spacial score (nSPS) is 20.7. The van der Waals surface area contributed by atoms with Gasteiger partial charge in [-0.3, -0.25) is 0 Å². The number of benzene rings is 1. The van der Waals surface area contributed by atoms with Crippen LogP contribution in [0, 0.1) is 17.7 Å². The molecule has 0 saturated carbocycles. The van der Waals surface area contributed by atoms with Crippen molar-refractivity contribution < 1.29 is 4.39 Å². The van der Waals surface area contributed by atoms with Crippen molar-refractivity contribution in [3.63, 3.8) is 0 Å². The molecule has 0 saturated heterocycles. The minimum Gasteiger partial charge on any atom is -0.309 e. The molecule has 2 atom stereocenters. The summed E-state index contributed by atoms with van der Waals surface area (Å²) >= 11 is 0. The van der Waals surface area contributed by atoms with Crippen LogP contribution in [-0.2, 0) is 0 Å². The SMILES string of the molecule is CC(C)C(NCC1CC=CCC1)c1ccc(F)cc1. The zero-order valence-corrected chi connectivity index (χ0v) is 11.9. The van der Waals surface area contributed by atoms with Crippen LogP contribution in [0.15, 0.2) is 36.4 Å². The van der Waals surface area contributed by atoms with E-state index in [0.717, 1.165) is 12.5 Å². The topological polar surface area (TPSA) is 12.0 Å². The highest BCUT2D eigenvalue weighted by molar-refractivity contribution is 5.20. The van der Waals surface area contributed by atoms with Gasteiger partial charge >= 0.3 is 0 Å². The Labute approximate surface area is 115 Å². The average Bonchev–Trinajstić information content (AvgIpc) is 2.42. The largest absolute Gasteiger partial charge is 0.309 e. The highest BCUT2D eigenvalue weighted by Crippen LogP contribution is 2.24. The van der Waals surface area contributed by atoms with Crippen molar-refractivity contribution in [3.05, 3.63) is 47.8 Å². The molecule has 0 aromatic heterocycles. The first kappa shape index (κ1) is 14.3. The molecule has 0 heterocycles. The van der Waals surface area contributed by atoms with E-state index in [-0.39, 0.29) is 5.82 Å². The second-order valence-electron chi connectivity index (χ2n) is 5.83. The van der Waals surface area contributed by atoms with E-state index in [4.69, 9.17) is 0 Å². The van der Waals surface area contributed by atoms with Gasteiger partial charge in [0.25, 0.3) is 0 Å². The van der Waals surface area contributed by atoms with Gasteiger partial charge in [0.1, 0.15) is 5.82 Å². The average molecular weight is 261 g/mol. The third-order valence-electron chi connectivity index (χ3n) is 3.90. The van der Waals surface area contributed by atoms with Crippen LogP contribution in [0.3, 0.4) is 0 Å². The van der Waals surface area contributed by atoms with E-state index in [9.17, 15) is 4.39 Å². The molecular formula is C17H24FN. The van der Waals surface area contributed by atoms with Crippen LogP contribution in [0.4, 0.5) is 4.39 Å². The number of rotatable bonds is 5. The van der Waals surface area contributed by atoms with Crippen molar-refractivity contribution in [2.75, 3.05) is 6.54 Å². The predicted molar refractivity (Wildman–Crippen MR) is 78.5 cm³/mol. The van der Waals surface area contributed by atoms with E-state index in [1.165, 1.54) is 24.8 Å². The first-order valence-electron chi connectivity index (χ1n) is 7.30. The van der Waals surface area contributed by atoms with E-state index in [2.05, 4.69) is 31.3 Å². The Balaban J connectivity index is 1.96. The Morgan fingerprint density at radius 3 is 2.53 bits per heavy atom. The van der Waals surface area contributed by atoms with Crippen LogP contribution < -0.4 is 5.32 Å². The van der Waals surface area contributed by atoms with E-state index in [1.54, 1.807) is 12.1 Å². The Kier molecular flexibility index (Phi) is 5.15. The van der Waals surface area contributed by atoms with Crippen LogP contribution in [-0.4, -0.2) is 6.54 Å². The van der Waals surface area contributed by atoms with Gasteiger partial charge in [0.2, 0.25) is 0 Å². The lowest BCUT2D eigenvalue weighted by Gasteiger charge is -2.26. The molecule has 1 N–H and O–H groups in total. The van der Waals surface area contributed by atoms with Crippen LogP contribution >= 0.6 is 0 Å². The van der Waals surface area contributed by atoms with Gasteiger partial charge in [-0.15, -0.1) is 0 Å². The van der Waals surface area contributed by atoms with Crippen molar-refractivity contribution in [3.8, 4) is 0 Å². The van der Waals surface area contributed by atoms with Crippen molar-refractivity contribution in [2.24, 2.45) is 11.8 Å². The highest BCUT2D eigenvalue weighted by atomic mass is 19.1. The van der Waals surface area contributed by atoms with Gasteiger partial charge < -0.3 is 5.32 Å². The molecule has 0 amide bonds. The molecule has 1 aromatic rings. The number of allylic oxidation sites excluding steroid dienone is 2. The third kappa shape index (κ3) is 4.17. The molecule has 0 radical (unpaired) electrons. The van der Waals surface area contributed by atoms with Crippen molar-refractivity contribution >= 4 is 0 Å². The lowest BCUT2D eigenvalue weighted by Crippen LogP contribution is -2.31. The monoisotopic (exact) mass is 261 g/mol. The predicted octanol–water partition coefficient (Wildman–Crippen LogP) is 4.47. The summed E-state index contributed by atoms with van der Waals surface area (Å²) in [7, 11) is 0. The maximum Gasteiger partial charge on any atom is 0.123 e. The van der Waals surface area contributed by atoms with Crippen molar-refractivity contribution in [1.29, 1.82) is 0 Å². The number of nitrogens with one attached hydrogen (secondary N) is 1. The first-order valence-corrected chi connectivity index (χ1v) is 7.30. The summed E-state index contributed by atoms with van der Waals surface area (Å²) in [6, 6.07) is 7.21. The van der Waals surface area contributed by atoms with Gasteiger partial charge in [-0.05, 0) is 55.3 Å². The molecule has 104 valence electrons. The molecule has 0 aliphatic heterocycles. The molecule has 19 heavy (non-hydrogen) atoms. The minimum absolute atomic E-state index is 0.163. The summed E-state index contributed by atoms with van der Waals surface area (Å²) < 4.78 is 13.0. The Morgan fingerprint density at radius 1 is 1.21 bits per heavy atom. The highest BCUT2D eigenvalue weighted by Gasteiger charge is 2.17. The molecular weight excluding hydrogens is 237 g/mol. The maximum atomic E-state index is 13.0. The summed E-state index contributed by atoms with van der Waals surface area (Å²) in [5.41, 5.74) is 1.18. The van der Waals surface area contributed by atoms with Crippen LogP contribution in [0.25, 0.3) is 0 Å². The van der Waals surface area contributed by atoms with Crippen LogP contribution in [0.5, 0.6) is 0 Å². The maximum absolute atomic E-state index is 13.0. The smallest absolute Gasteiger partial charge is 0.123 e. The summed E-state index contributed by atoms with van der Waals surface area (Å²) in [5.74, 6) is 1.08. The molecule has 1 aliphatic rings. The zero-order valence-electron chi connectivity index (χ0n) is 11.9. The minimum atomic E-state index is -0.163. The fourth-order valence-electron chi connectivity index (χ4n) is 2.74. The number of halogens is 1. The lowest BCUT2D eigenvalue weighted by molar-refractivity contribution is 0.355. The zero-order chi connectivity index (χ0) is 13.7. The number of hydrogen-bond acceptors (Lipinski definition) is 1. The van der Waals surface area contributed by atoms with E-state index in [0.29, 0.717) is 12.0 Å². The summed E-state index contributed by atoms with van der Waals surface area (Å²) in [6.45, 7) is 5.47. The van der Waals surface area contributed by atoms with Gasteiger partial charge in [0.05, 0.1) is 0 Å². The van der Waals surface area contributed by atoms with Crippen LogP contribution in [0.1, 0.15) is 44.7 Å². The Hall–Kier alpha value is -1.15. The second-order valence-corrected chi connectivity index (χ2v) is 5.83. The Morgan fingerprint density at radius 2 is 1.95 bits per heavy atom. The van der Waals surface area contributed by atoms with E-state index >= 15 is 0 Å². The van der Waals surface area contributed by atoms with E-state index in [1.807, 2.05) is 12.1 Å². The molecule has 1 nitrogen and oxygen atoms in total. The van der Waals surface area contributed by atoms with Gasteiger partial charge in [-0.1, -0.05) is 38.1 Å². The molecule has 1 aromatic carbocycles. The summed E-state index contributed by atoms with van der Waals surface area (Å²) in [4.78, 5) is 0. The second kappa shape index (κ2) is 6.85. The first-order chi connectivity index (χ1) is 9.16. The van der Waals surface area contributed by atoms with Gasteiger partial charge in [-0.2, -0.15) is 0 Å². The van der Waals surface area contributed by atoms with Gasteiger partial charge in [-0.25, -0.2) is 4.39 Å². The Bertz CT molecular complexity index is 408.